The average molecular weight is 312 g/mol. The summed E-state index contributed by atoms with van der Waals surface area (Å²) in [5.74, 6) is 0.420. The molecular weight excluding hydrogens is 296 g/mol. The van der Waals surface area contributed by atoms with Gasteiger partial charge in [0.2, 0.25) is 0 Å². The summed E-state index contributed by atoms with van der Waals surface area (Å²) in [6.45, 7) is 2.09. The smallest absolute Gasteiger partial charge is 0.417 e. The minimum atomic E-state index is -0.546. The molecule has 114 valence electrons. The second-order valence-electron chi connectivity index (χ2n) is 4.14. The maximum Gasteiger partial charge on any atom is 0.417 e. The van der Waals surface area contributed by atoms with Gasteiger partial charge in [0.15, 0.2) is 0 Å². The number of carbonyl (C=O) groups excluding carboxylic acids is 2. The van der Waals surface area contributed by atoms with Crippen molar-refractivity contribution in [3.63, 3.8) is 0 Å². The molecule has 0 atom stereocenters. The van der Waals surface area contributed by atoms with Crippen molar-refractivity contribution in [2.75, 3.05) is 33.4 Å². The lowest BCUT2D eigenvalue weighted by Crippen LogP contribution is -2.42. The molecule has 21 heavy (non-hydrogen) atoms. The summed E-state index contributed by atoms with van der Waals surface area (Å²) in [4.78, 5) is 25.3. The van der Waals surface area contributed by atoms with E-state index in [0.717, 1.165) is 16.8 Å². The monoisotopic (exact) mass is 312 g/mol. The molecule has 0 aliphatic carbocycles. The van der Waals surface area contributed by atoms with Gasteiger partial charge in [0.05, 0.1) is 20.3 Å². The number of methoxy groups -OCH3 is 1. The first-order chi connectivity index (χ1) is 10.2. The number of hydrogen-bond acceptors (Lipinski definition) is 6. The summed E-state index contributed by atoms with van der Waals surface area (Å²) in [7, 11) is 1.29. The molecule has 7 nitrogen and oxygen atoms in total. The number of morpholine rings is 1. The molecule has 1 aliphatic heterocycles. The van der Waals surface area contributed by atoms with Gasteiger partial charge >= 0.3 is 12.2 Å². The summed E-state index contributed by atoms with van der Waals surface area (Å²) in [5.41, 5.74) is 0. The quantitative estimate of drug-likeness (QED) is 0.859. The van der Waals surface area contributed by atoms with Crippen molar-refractivity contribution in [1.82, 2.24) is 9.62 Å². The molecule has 1 aromatic rings. The highest BCUT2D eigenvalue weighted by atomic mass is 32.2. The molecule has 2 rings (SSSR count). The molecule has 0 radical (unpaired) electrons. The number of ether oxygens (including phenoxy) is 3. The zero-order valence-corrected chi connectivity index (χ0v) is 12.4. The number of nitrogens with one attached hydrogen (secondary N) is 1. The molecule has 0 aromatic heterocycles. The van der Waals surface area contributed by atoms with E-state index in [1.165, 1.54) is 7.11 Å². The van der Waals surface area contributed by atoms with Crippen LogP contribution in [0.15, 0.2) is 29.2 Å². The Morgan fingerprint density at radius 1 is 1.33 bits per heavy atom. The van der Waals surface area contributed by atoms with Crippen LogP contribution in [0.5, 0.6) is 5.75 Å². The van der Waals surface area contributed by atoms with Crippen molar-refractivity contribution in [2.24, 2.45) is 0 Å². The van der Waals surface area contributed by atoms with Gasteiger partial charge in [0.25, 0.3) is 0 Å². The van der Waals surface area contributed by atoms with Crippen LogP contribution in [0.4, 0.5) is 9.59 Å². The van der Waals surface area contributed by atoms with Gasteiger partial charge in [-0.15, -0.1) is 0 Å². The molecule has 0 spiro atoms. The van der Waals surface area contributed by atoms with Gasteiger partial charge in [0, 0.05) is 18.0 Å². The molecule has 0 unspecified atom stereocenters. The molecule has 2 amide bonds. The molecule has 1 saturated heterocycles. The molecule has 1 heterocycles. The van der Waals surface area contributed by atoms with Gasteiger partial charge in [-0.25, -0.2) is 9.59 Å². The van der Waals surface area contributed by atoms with E-state index in [0.29, 0.717) is 32.1 Å². The van der Waals surface area contributed by atoms with Gasteiger partial charge in [-0.1, -0.05) is 6.07 Å². The summed E-state index contributed by atoms with van der Waals surface area (Å²) >= 11 is 1.08. The Kier molecular flexibility index (Phi) is 5.70. The first-order valence-electron chi connectivity index (χ1n) is 6.34. The Labute approximate surface area is 126 Å². The van der Waals surface area contributed by atoms with Crippen LogP contribution in [0.25, 0.3) is 0 Å². The molecule has 1 N–H and O–H groups in total. The first kappa shape index (κ1) is 15.5. The fourth-order valence-electron chi connectivity index (χ4n) is 1.65. The highest BCUT2D eigenvalue weighted by Gasteiger charge is 2.18. The first-order valence-corrected chi connectivity index (χ1v) is 7.16. The SMILES string of the molecule is COC(=O)NSc1cccc(OC(=O)N2CCOCC2)c1. The van der Waals surface area contributed by atoms with Crippen LogP contribution < -0.4 is 9.46 Å². The summed E-state index contributed by atoms with van der Waals surface area (Å²) in [6, 6.07) is 6.87. The highest BCUT2D eigenvalue weighted by molar-refractivity contribution is 7.98. The zero-order valence-electron chi connectivity index (χ0n) is 11.5. The molecule has 1 fully saturated rings. The summed E-state index contributed by atoms with van der Waals surface area (Å²) in [5, 5.41) is 0. The number of carbonyl (C=O) groups is 2. The third-order valence-corrected chi connectivity index (χ3v) is 3.48. The second kappa shape index (κ2) is 7.75. The van der Waals surface area contributed by atoms with Crippen LogP contribution in [0, 0.1) is 0 Å². The average Bonchev–Trinajstić information content (AvgIpc) is 2.53. The highest BCUT2D eigenvalue weighted by Crippen LogP contribution is 2.21. The van der Waals surface area contributed by atoms with E-state index in [1.807, 2.05) is 0 Å². The number of amides is 2. The molecular formula is C13H16N2O5S. The topological polar surface area (TPSA) is 77.1 Å². The van der Waals surface area contributed by atoms with E-state index < -0.39 is 12.2 Å². The lowest BCUT2D eigenvalue weighted by molar-refractivity contribution is 0.0416. The summed E-state index contributed by atoms with van der Waals surface area (Å²) < 4.78 is 17.4. The van der Waals surface area contributed by atoms with Crippen LogP contribution in [0.2, 0.25) is 0 Å². The van der Waals surface area contributed by atoms with Crippen LogP contribution in [-0.2, 0) is 9.47 Å². The maximum atomic E-state index is 11.9. The lowest BCUT2D eigenvalue weighted by Gasteiger charge is -2.25. The molecule has 8 heteroatoms. The number of nitrogens with zero attached hydrogens (tertiary/aromatic N) is 1. The number of hydrogen-bond donors (Lipinski definition) is 1. The standard InChI is InChI=1S/C13H16N2O5S/c1-18-12(16)14-21-11-4-2-3-10(9-11)20-13(17)15-5-7-19-8-6-15/h2-4,9H,5-8H2,1H3,(H,14,16). The number of benzene rings is 1. The van der Waals surface area contributed by atoms with E-state index in [-0.39, 0.29) is 0 Å². The van der Waals surface area contributed by atoms with E-state index in [4.69, 9.17) is 9.47 Å². The maximum absolute atomic E-state index is 11.9. The molecule has 0 bridgehead atoms. The van der Waals surface area contributed by atoms with Crippen LogP contribution in [0.3, 0.4) is 0 Å². The largest absolute Gasteiger partial charge is 0.452 e. The number of rotatable bonds is 3. The van der Waals surface area contributed by atoms with Crippen molar-refractivity contribution < 1.29 is 23.8 Å². The molecule has 1 aliphatic rings. The Balaban J connectivity index is 1.90. The predicted molar refractivity (Wildman–Crippen MR) is 76.3 cm³/mol. The van der Waals surface area contributed by atoms with Gasteiger partial charge < -0.3 is 19.1 Å². The van der Waals surface area contributed by atoms with Gasteiger partial charge in [0.1, 0.15) is 5.75 Å². The van der Waals surface area contributed by atoms with E-state index >= 15 is 0 Å². The van der Waals surface area contributed by atoms with Crippen molar-refractivity contribution in [3.05, 3.63) is 24.3 Å². The van der Waals surface area contributed by atoms with Gasteiger partial charge in [-0.3, -0.25) is 4.72 Å². The lowest BCUT2D eigenvalue weighted by atomic mass is 10.3. The van der Waals surface area contributed by atoms with Crippen LogP contribution in [0.1, 0.15) is 0 Å². The van der Waals surface area contributed by atoms with Crippen molar-refractivity contribution in [1.29, 1.82) is 0 Å². The minimum Gasteiger partial charge on any atom is -0.452 e. The zero-order chi connectivity index (χ0) is 15.1. The van der Waals surface area contributed by atoms with Crippen LogP contribution in [-0.4, -0.2) is 50.5 Å². The minimum absolute atomic E-state index is 0.402. The second-order valence-corrected chi connectivity index (χ2v) is 5.02. The fourth-order valence-corrected chi connectivity index (χ4v) is 2.26. The van der Waals surface area contributed by atoms with Gasteiger partial charge in [-0.2, -0.15) is 0 Å². The van der Waals surface area contributed by atoms with Crippen LogP contribution >= 0.6 is 11.9 Å². The van der Waals surface area contributed by atoms with Gasteiger partial charge in [-0.05, 0) is 30.1 Å². The Bertz CT molecular complexity index is 505. The molecule has 0 saturated carbocycles. The van der Waals surface area contributed by atoms with Crippen molar-refractivity contribution in [3.8, 4) is 5.75 Å². The van der Waals surface area contributed by atoms with E-state index in [1.54, 1.807) is 29.2 Å². The van der Waals surface area contributed by atoms with E-state index in [2.05, 4.69) is 9.46 Å². The van der Waals surface area contributed by atoms with E-state index in [9.17, 15) is 9.59 Å². The Morgan fingerprint density at radius 3 is 2.81 bits per heavy atom. The Morgan fingerprint density at radius 2 is 2.10 bits per heavy atom. The summed E-state index contributed by atoms with van der Waals surface area (Å²) in [6.07, 6.45) is -0.947. The van der Waals surface area contributed by atoms with Crippen molar-refractivity contribution >= 4 is 24.1 Å². The van der Waals surface area contributed by atoms with Crippen molar-refractivity contribution in [2.45, 2.75) is 4.90 Å². The Hall–Kier alpha value is -1.93. The fraction of sp³-hybridized carbons (Fsp3) is 0.385. The third-order valence-electron chi connectivity index (χ3n) is 2.72. The predicted octanol–water partition coefficient (Wildman–Crippen LogP) is 1.88. The normalized spacial score (nSPS) is 14.4. The third kappa shape index (κ3) is 4.83. The molecule has 1 aromatic carbocycles.